The van der Waals surface area contributed by atoms with Gasteiger partial charge in [-0.1, -0.05) is 35.0 Å². The first-order valence-electron chi connectivity index (χ1n) is 6.78. The molecule has 0 saturated heterocycles. The highest BCUT2D eigenvalue weighted by Gasteiger charge is 2.12. The Morgan fingerprint density at radius 3 is 2.92 bits per heavy atom. The first-order chi connectivity index (χ1) is 11.6. The molecule has 0 aliphatic heterocycles. The minimum atomic E-state index is -0.203. The Hall–Kier alpha value is -2.03. The van der Waals surface area contributed by atoms with Gasteiger partial charge in [0.15, 0.2) is 0 Å². The van der Waals surface area contributed by atoms with Crippen molar-refractivity contribution in [2.75, 3.05) is 11.1 Å². The number of hydrogen-bond donors (Lipinski definition) is 1. The molecule has 2 aromatic heterocycles. The summed E-state index contributed by atoms with van der Waals surface area (Å²) in [7, 11) is 0. The minimum Gasteiger partial charge on any atom is -0.467 e. The lowest BCUT2D eigenvalue weighted by Gasteiger charge is -2.06. The first-order valence-corrected chi connectivity index (χ1v) is 8.52. The number of hydrogen-bond acceptors (Lipinski definition) is 6. The molecule has 0 aliphatic rings. The van der Waals surface area contributed by atoms with Crippen LogP contribution in [0.4, 0.5) is 5.69 Å². The van der Waals surface area contributed by atoms with E-state index < -0.39 is 0 Å². The fraction of sp³-hybridized carbons (Fsp3) is 0.143. The van der Waals surface area contributed by atoms with Crippen molar-refractivity contribution >= 4 is 46.6 Å². The quantitative estimate of drug-likeness (QED) is 0.656. The maximum atomic E-state index is 12.0. The number of carbonyl (C=O) groups is 1. The minimum absolute atomic E-state index is 0.152. The SMILES string of the molecule is O=C(CSc1nnnn1Cc1ccco1)Nc1ccc(Cl)c(Cl)c1. The molecule has 3 rings (SSSR count). The molecule has 10 heteroatoms. The zero-order valence-corrected chi connectivity index (χ0v) is 14.5. The van der Waals surface area contributed by atoms with Crippen LogP contribution in [0.5, 0.6) is 0 Å². The molecule has 0 saturated carbocycles. The number of tetrazole rings is 1. The summed E-state index contributed by atoms with van der Waals surface area (Å²) in [5.41, 5.74) is 0.574. The summed E-state index contributed by atoms with van der Waals surface area (Å²) in [6.07, 6.45) is 1.58. The van der Waals surface area contributed by atoms with Crippen molar-refractivity contribution in [3.63, 3.8) is 0 Å². The number of nitrogens with zero attached hydrogens (tertiary/aromatic N) is 4. The summed E-state index contributed by atoms with van der Waals surface area (Å²) < 4.78 is 6.82. The van der Waals surface area contributed by atoms with Gasteiger partial charge in [0.05, 0.1) is 22.1 Å². The Kier molecular flexibility index (Phi) is 5.39. The molecule has 0 fully saturated rings. The summed E-state index contributed by atoms with van der Waals surface area (Å²) in [6, 6.07) is 8.51. The second kappa shape index (κ2) is 7.69. The van der Waals surface area contributed by atoms with Crippen LogP contribution in [0, 0.1) is 0 Å². The number of thioether (sulfide) groups is 1. The third-order valence-corrected chi connectivity index (χ3v) is 4.62. The van der Waals surface area contributed by atoms with Crippen molar-refractivity contribution in [3.8, 4) is 0 Å². The molecule has 1 amide bonds. The molecule has 2 heterocycles. The summed E-state index contributed by atoms with van der Waals surface area (Å²) in [6.45, 7) is 0.400. The van der Waals surface area contributed by atoms with E-state index in [0.717, 1.165) is 5.76 Å². The molecular formula is C14H11Cl2N5O2S. The van der Waals surface area contributed by atoms with Gasteiger partial charge in [0.1, 0.15) is 12.3 Å². The summed E-state index contributed by atoms with van der Waals surface area (Å²) in [5.74, 6) is 0.675. The largest absolute Gasteiger partial charge is 0.467 e. The standard InChI is InChI=1S/C14H11Cl2N5O2S/c15-11-4-3-9(6-12(11)16)17-13(22)8-24-14-18-19-20-21(14)7-10-2-1-5-23-10/h1-6H,7-8H2,(H,17,22). The van der Waals surface area contributed by atoms with Gasteiger partial charge in [-0.3, -0.25) is 4.79 Å². The molecule has 0 unspecified atom stereocenters. The predicted octanol–water partition coefficient (Wildman–Crippen LogP) is 3.35. The van der Waals surface area contributed by atoms with Crippen molar-refractivity contribution in [1.29, 1.82) is 0 Å². The van der Waals surface area contributed by atoms with Gasteiger partial charge in [-0.05, 0) is 40.8 Å². The van der Waals surface area contributed by atoms with Crippen molar-refractivity contribution in [2.24, 2.45) is 0 Å². The van der Waals surface area contributed by atoms with E-state index >= 15 is 0 Å². The van der Waals surface area contributed by atoms with E-state index in [9.17, 15) is 4.79 Å². The molecule has 1 N–H and O–H groups in total. The van der Waals surface area contributed by atoms with Gasteiger partial charge in [0.2, 0.25) is 11.1 Å². The number of furan rings is 1. The fourth-order valence-corrected chi connectivity index (χ4v) is 2.83. The van der Waals surface area contributed by atoms with Crippen molar-refractivity contribution < 1.29 is 9.21 Å². The first kappa shape index (κ1) is 16.8. The Bertz CT molecular complexity index is 838. The van der Waals surface area contributed by atoms with Crippen molar-refractivity contribution in [3.05, 3.63) is 52.4 Å². The zero-order chi connectivity index (χ0) is 16.9. The van der Waals surface area contributed by atoms with Crippen LogP contribution in [0.15, 0.2) is 46.2 Å². The average Bonchev–Trinajstić information content (AvgIpc) is 3.21. The Balaban J connectivity index is 1.56. The van der Waals surface area contributed by atoms with Gasteiger partial charge in [0, 0.05) is 5.69 Å². The molecule has 3 aromatic rings. The number of carbonyl (C=O) groups excluding carboxylic acids is 1. The Morgan fingerprint density at radius 1 is 1.29 bits per heavy atom. The molecule has 0 aliphatic carbocycles. The molecule has 0 bridgehead atoms. The Labute approximate surface area is 151 Å². The van der Waals surface area contributed by atoms with Crippen molar-refractivity contribution in [1.82, 2.24) is 20.2 Å². The molecule has 0 atom stereocenters. The summed E-state index contributed by atoms with van der Waals surface area (Å²) >= 11 is 13.0. The molecule has 1 aromatic carbocycles. The number of benzene rings is 1. The van der Waals surface area contributed by atoms with E-state index in [1.54, 1.807) is 35.2 Å². The maximum absolute atomic E-state index is 12.0. The van der Waals surface area contributed by atoms with Crippen LogP contribution < -0.4 is 5.32 Å². The van der Waals surface area contributed by atoms with E-state index in [1.165, 1.54) is 11.8 Å². The smallest absolute Gasteiger partial charge is 0.234 e. The van der Waals surface area contributed by atoms with Gasteiger partial charge >= 0.3 is 0 Å². The van der Waals surface area contributed by atoms with Gasteiger partial charge in [-0.25, -0.2) is 4.68 Å². The Morgan fingerprint density at radius 2 is 2.17 bits per heavy atom. The molecule has 0 spiro atoms. The van der Waals surface area contributed by atoms with Gasteiger partial charge in [0.25, 0.3) is 0 Å². The second-order valence-corrected chi connectivity index (χ2v) is 6.42. The molecular weight excluding hydrogens is 373 g/mol. The van der Waals surface area contributed by atoms with E-state index in [0.29, 0.717) is 27.4 Å². The number of nitrogens with one attached hydrogen (secondary N) is 1. The number of amides is 1. The van der Waals surface area contributed by atoms with Crippen LogP contribution in [-0.4, -0.2) is 31.9 Å². The number of anilines is 1. The van der Waals surface area contributed by atoms with E-state index in [1.807, 2.05) is 6.07 Å². The lowest BCUT2D eigenvalue weighted by Crippen LogP contribution is -2.14. The fourth-order valence-electron chi connectivity index (χ4n) is 1.85. The van der Waals surface area contributed by atoms with Crippen LogP contribution in [0.25, 0.3) is 0 Å². The third kappa shape index (κ3) is 4.28. The lowest BCUT2D eigenvalue weighted by atomic mass is 10.3. The second-order valence-electron chi connectivity index (χ2n) is 4.66. The van der Waals surface area contributed by atoms with Crippen molar-refractivity contribution in [2.45, 2.75) is 11.7 Å². The van der Waals surface area contributed by atoms with Gasteiger partial charge in [-0.15, -0.1) is 5.10 Å². The highest BCUT2D eigenvalue weighted by atomic mass is 35.5. The van der Waals surface area contributed by atoms with Gasteiger partial charge in [-0.2, -0.15) is 0 Å². The monoisotopic (exact) mass is 383 g/mol. The average molecular weight is 384 g/mol. The van der Waals surface area contributed by atoms with Crippen LogP contribution in [0.1, 0.15) is 5.76 Å². The lowest BCUT2D eigenvalue weighted by molar-refractivity contribution is -0.113. The number of aromatic nitrogens is 4. The van der Waals surface area contributed by atoms with Gasteiger partial charge < -0.3 is 9.73 Å². The normalized spacial score (nSPS) is 10.8. The predicted molar refractivity (Wildman–Crippen MR) is 91.4 cm³/mol. The van der Waals surface area contributed by atoms with Crippen LogP contribution >= 0.6 is 35.0 Å². The van der Waals surface area contributed by atoms with Crippen LogP contribution in [0.2, 0.25) is 10.0 Å². The summed E-state index contributed by atoms with van der Waals surface area (Å²) in [5, 5.41) is 15.5. The maximum Gasteiger partial charge on any atom is 0.234 e. The van der Waals surface area contributed by atoms with Crippen LogP contribution in [0.3, 0.4) is 0 Å². The van der Waals surface area contributed by atoms with E-state index in [-0.39, 0.29) is 11.7 Å². The zero-order valence-electron chi connectivity index (χ0n) is 12.1. The number of halogens is 2. The summed E-state index contributed by atoms with van der Waals surface area (Å²) in [4.78, 5) is 12.0. The topological polar surface area (TPSA) is 85.8 Å². The highest BCUT2D eigenvalue weighted by molar-refractivity contribution is 7.99. The molecule has 24 heavy (non-hydrogen) atoms. The number of rotatable bonds is 6. The van der Waals surface area contributed by atoms with E-state index in [2.05, 4.69) is 20.8 Å². The van der Waals surface area contributed by atoms with Crippen LogP contribution in [-0.2, 0) is 11.3 Å². The highest BCUT2D eigenvalue weighted by Crippen LogP contribution is 2.25. The molecule has 0 radical (unpaired) electrons. The molecule has 124 valence electrons. The third-order valence-electron chi connectivity index (χ3n) is 2.92. The van der Waals surface area contributed by atoms with E-state index in [4.69, 9.17) is 27.6 Å². The molecule has 7 nitrogen and oxygen atoms in total.